The van der Waals surface area contributed by atoms with Gasteiger partial charge in [-0.1, -0.05) is 38.3 Å². The van der Waals surface area contributed by atoms with Crippen LogP contribution in [0.25, 0.3) is 6.08 Å². The molecule has 0 unspecified atom stereocenters. The molecule has 0 bridgehead atoms. The molecule has 5 heteroatoms. The van der Waals surface area contributed by atoms with Gasteiger partial charge in [-0.25, -0.2) is 9.18 Å². The van der Waals surface area contributed by atoms with Crippen molar-refractivity contribution in [3.05, 3.63) is 71.6 Å². The van der Waals surface area contributed by atoms with Gasteiger partial charge in [-0.3, -0.25) is 4.79 Å². The van der Waals surface area contributed by atoms with E-state index in [9.17, 15) is 14.0 Å². The molecule has 2 rings (SSSR count). The lowest BCUT2D eigenvalue weighted by molar-refractivity contribution is -0.111. The Balaban J connectivity index is 1.81. The molecular formula is C22H24FNO3. The summed E-state index contributed by atoms with van der Waals surface area (Å²) in [6.07, 6.45) is 7.17. The highest BCUT2D eigenvalue weighted by atomic mass is 19.1. The van der Waals surface area contributed by atoms with E-state index >= 15 is 0 Å². The number of hydrogen-bond donors (Lipinski definition) is 1. The number of carbonyl (C=O) groups excluding carboxylic acids is 2. The molecule has 0 heterocycles. The lowest BCUT2D eigenvalue weighted by Gasteiger charge is -2.06. The molecule has 0 aliphatic rings. The van der Waals surface area contributed by atoms with Crippen molar-refractivity contribution in [3.63, 3.8) is 0 Å². The summed E-state index contributed by atoms with van der Waals surface area (Å²) in [7, 11) is 0. The second-order valence-corrected chi connectivity index (χ2v) is 6.15. The molecule has 2 aromatic carbocycles. The molecule has 0 aromatic heterocycles. The van der Waals surface area contributed by atoms with Crippen LogP contribution in [0.4, 0.5) is 10.1 Å². The molecule has 0 aliphatic carbocycles. The predicted octanol–water partition coefficient (Wildman–Crippen LogP) is 5.21. The summed E-state index contributed by atoms with van der Waals surface area (Å²) in [5, 5.41) is 2.70. The lowest BCUT2D eigenvalue weighted by Crippen LogP contribution is -2.09. The Morgan fingerprint density at radius 2 is 1.70 bits per heavy atom. The summed E-state index contributed by atoms with van der Waals surface area (Å²) in [4.78, 5) is 23.9. The fraction of sp³-hybridized carbons (Fsp3) is 0.273. The molecular weight excluding hydrogens is 345 g/mol. The number of unbranched alkanes of at least 4 members (excludes halogenated alkanes) is 3. The molecule has 0 radical (unpaired) electrons. The number of anilines is 1. The number of hydrogen-bond acceptors (Lipinski definition) is 3. The van der Waals surface area contributed by atoms with Crippen molar-refractivity contribution < 1.29 is 18.7 Å². The van der Waals surface area contributed by atoms with Gasteiger partial charge in [0.25, 0.3) is 0 Å². The van der Waals surface area contributed by atoms with Gasteiger partial charge in [0.05, 0.1) is 12.2 Å². The van der Waals surface area contributed by atoms with Crippen LogP contribution in [0.15, 0.2) is 54.6 Å². The van der Waals surface area contributed by atoms with E-state index in [1.807, 2.05) is 0 Å². The highest BCUT2D eigenvalue weighted by Gasteiger charge is 2.07. The summed E-state index contributed by atoms with van der Waals surface area (Å²) in [6.45, 7) is 2.55. The minimum atomic E-state index is -0.361. The smallest absolute Gasteiger partial charge is 0.338 e. The first-order valence-corrected chi connectivity index (χ1v) is 9.10. The number of esters is 1. The summed E-state index contributed by atoms with van der Waals surface area (Å²) in [5.41, 5.74) is 1.75. The van der Waals surface area contributed by atoms with E-state index in [0.29, 0.717) is 17.9 Å². The second kappa shape index (κ2) is 10.9. The Bertz CT molecular complexity index is 767. The molecule has 142 valence electrons. The third kappa shape index (κ3) is 7.44. The van der Waals surface area contributed by atoms with Crippen LogP contribution in [0, 0.1) is 5.82 Å². The topological polar surface area (TPSA) is 55.4 Å². The highest BCUT2D eigenvalue weighted by Crippen LogP contribution is 2.12. The minimum absolute atomic E-state index is 0.314. The third-order valence-electron chi connectivity index (χ3n) is 3.92. The molecule has 0 saturated heterocycles. The molecule has 0 saturated carbocycles. The largest absolute Gasteiger partial charge is 0.462 e. The molecule has 0 atom stereocenters. The molecule has 0 spiro atoms. The summed E-state index contributed by atoms with van der Waals surface area (Å²) >= 11 is 0. The Morgan fingerprint density at radius 3 is 2.37 bits per heavy atom. The fourth-order valence-electron chi connectivity index (χ4n) is 2.40. The van der Waals surface area contributed by atoms with E-state index in [1.165, 1.54) is 18.2 Å². The number of amides is 1. The Kier molecular flexibility index (Phi) is 8.23. The minimum Gasteiger partial charge on any atom is -0.462 e. The third-order valence-corrected chi connectivity index (χ3v) is 3.92. The maximum absolute atomic E-state index is 12.8. The van der Waals surface area contributed by atoms with Crippen molar-refractivity contribution in [1.82, 2.24) is 0 Å². The van der Waals surface area contributed by atoms with Crippen LogP contribution < -0.4 is 5.32 Å². The van der Waals surface area contributed by atoms with Crippen LogP contribution in [-0.2, 0) is 9.53 Å². The molecule has 0 aliphatic heterocycles. The van der Waals surface area contributed by atoms with Crippen molar-refractivity contribution in [1.29, 1.82) is 0 Å². The van der Waals surface area contributed by atoms with Crippen molar-refractivity contribution >= 4 is 23.6 Å². The molecule has 1 N–H and O–H groups in total. The normalized spacial score (nSPS) is 10.7. The van der Waals surface area contributed by atoms with E-state index in [0.717, 1.165) is 31.2 Å². The number of rotatable bonds is 9. The zero-order valence-corrected chi connectivity index (χ0v) is 15.4. The van der Waals surface area contributed by atoms with Crippen LogP contribution in [0.1, 0.15) is 48.5 Å². The van der Waals surface area contributed by atoms with Crippen molar-refractivity contribution in [2.75, 3.05) is 11.9 Å². The number of halogens is 1. The monoisotopic (exact) mass is 369 g/mol. The van der Waals surface area contributed by atoms with Crippen LogP contribution in [0.2, 0.25) is 0 Å². The van der Waals surface area contributed by atoms with Gasteiger partial charge < -0.3 is 10.1 Å². The zero-order valence-electron chi connectivity index (χ0n) is 15.4. The van der Waals surface area contributed by atoms with E-state index in [1.54, 1.807) is 42.5 Å². The van der Waals surface area contributed by atoms with Crippen molar-refractivity contribution in [2.45, 2.75) is 32.6 Å². The number of carbonyl (C=O) groups is 2. The average Bonchev–Trinajstić information content (AvgIpc) is 2.68. The van der Waals surface area contributed by atoms with Crippen LogP contribution in [0.3, 0.4) is 0 Å². The quantitative estimate of drug-likeness (QED) is 0.375. The lowest BCUT2D eigenvalue weighted by atomic mass is 10.2. The van der Waals surface area contributed by atoms with E-state index in [2.05, 4.69) is 12.2 Å². The number of benzene rings is 2. The highest BCUT2D eigenvalue weighted by molar-refractivity contribution is 6.02. The van der Waals surface area contributed by atoms with Gasteiger partial charge in [-0.15, -0.1) is 0 Å². The number of nitrogens with one attached hydrogen (secondary N) is 1. The Labute approximate surface area is 159 Å². The standard InChI is InChI=1S/C22H24FNO3/c1-2-3-4-5-16-27-22(26)18-9-13-20(14-10-18)24-21(25)15-8-17-6-11-19(23)12-7-17/h6-15H,2-5,16H2,1H3,(H,24,25)/b15-8+. The Morgan fingerprint density at radius 1 is 1.00 bits per heavy atom. The first-order valence-electron chi connectivity index (χ1n) is 9.10. The van der Waals surface area contributed by atoms with Crippen molar-refractivity contribution in [2.24, 2.45) is 0 Å². The first-order chi connectivity index (χ1) is 13.1. The SMILES string of the molecule is CCCCCCOC(=O)c1ccc(NC(=O)/C=C/c2ccc(F)cc2)cc1. The van der Waals surface area contributed by atoms with Gasteiger partial charge in [-0.05, 0) is 54.5 Å². The molecule has 4 nitrogen and oxygen atoms in total. The maximum atomic E-state index is 12.8. The van der Waals surface area contributed by atoms with Gasteiger partial charge >= 0.3 is 5.97 Å². The zero-order chi connectivity index (χ0) is 19.5. The van der Waals surface area contributed by atoms with Gasteiger partial charge in [0, 0.05) is 11.8 Å². The van der Waals surface area contributed by atoms with Crippen LogP contribution >= 0.6 is 0 Å². The van der Waals surface area contributed by atoms with E-state index in [4.69, 9.17) is 4.74 Å². The van der Waals surface area contributed by atoms with E-state index in [-0.39, 0.29) is 17.7 Å². The molecule has 27 heavy (non-hydrogen) atoms. The summed E-state index contributed by atoms with van der Waals surface area (Å²) < 4.78 is 18.1. The predicted molar refractivity (Wildman–Crippen MR) is 105 cm³/mol. The first kappa shape index (κ1) is 20.4. The fourth-order valence-corrected chi connectivity index (χ4v) is 2.40. The molecule has 0 fully saturated rings. The van der Waals surface area contributed by atoms with Crippen molar-refractivity contribution in [3.8, 4) is 0 Å². The van der Waals surface area contributed by atoms with Gasteiger partial charge in [-0.2, -0.15) is 0 Å². The van der Waals surface area contributed by atoms with Gasteiger partial charge in [0.2, 0.25) is 5.91 Å². The number of ether oxygens (including phenoxy) is 1. The van der Waals surface area contributed by atoms with Gasteiger partial charge in [0.15, 0.2) is 0 Å². The molecule has 1 amide bonds. The Hall–Kier alpha value is -2.95. The maximum Gasteiger partial charge on any atom is 0.338 e. The van der Waals surface area contributed by atoms with Gasteiger partial charge in [0.1, 0.15) is 5.82 Å². The summed E-state index contributed by atoms with van der Waals surface area (Å²) in [5.74, 6) is -0.998. The second-order valence-electron chi connectivity index (χ2n) is 6.15. The average molecular weight is 369 g/mol. The van der Waals surface area contributed by atoms with Crippen LogP contribution in [0.5, 0.6) is 0 Å². The molecule has 2 aromatic rings. The van der Waals surface area contributed by atoms with Crippen LogP contribution in [-0.4, -0.2) is 18.5 Å². The summed E-state index contributed by atoms with van der Waals surface area (Å²) in [6, 6.07) is 12.4. The van der Waals surface area contributed by atoms with E-state index < -0.39 is 0 Å².